The maximum absolute atomic E-state index is 2.60. The van der Waals surface area contributed by atoms with Crippen molar-refractivity contribution in [2.75, 3.05) is 26.2 Å². The van der Waals surface area contributed by atoms with Crippen LogP contribution >= 0.6 is 0 Å². The van der Waals surface area contributed by atoms with Gasteiger partial charge in [-0.1, -0.05) is 33.8 Å². The van der Waals surface area contributed by atoms with Gasteiger partial charge in [0.25, 0.3) is 0 Å². The summed E-state index contributed by atoms with van der Waals surface area (Å²) in [6.07, 6.45) is 2.21. The first kappa shape index (κ1) is 14.9. The lowest BCUT2D eigenvalue weighted by Crippen LogP contribution is -2.51. The maximum Gasteiger partial charge on any atom is 0.0826 e. The average Bonchev–Trinajstić information content (AvgIpc) is 2.28. The fourth-order valence-electron chi connectivity index (χ4n) is 2.08. The third kappa shape index (κ3) is 4.95. The van der Waals surface area contributed by atoms with E-state index in [1.165, 1.54) is 26.2 Å². The highest BCUT2D eigenvalue weighted by Crippen LogP contribution is 2.05. The quantitative estimate of drug-likeness (QED) is 0.460. The molecule has 0 N–H and O–H groups in total. The van der Waals surface area contributed by atoms with E-state index in [0.717, 1.165) is 0 Å². The molecule has 0 fully saturated rings. The van der Waals surface area contributed by atoms with Crippen molar-refractivity contribution < 1.29 is 0 Å². The van der Waals surface area contributed by atoms with Gasteiger partial charge in [0, 0.05) is 5.79 Å². The Hall–Kier alpha value is -0.123. The van der Waals surface area contributed by atoms with Crippen LogP contribution < -0.4 is 0 Å². The van der Waals surface area contributed by atoms with E-state index in [0.29, 0.717) is 5.79 Å². The molecule has 0 saturated heterocycles. The largest absolute Gasteiger partial charge is 0.292 e. The smallest absolute Gasteiger partial charge is 0.0826 e. The van der Waals surface area contributed by atoms with Gasteiger partial charge in [-0.2, -0.15) is 0 Å². The lowest BCUT2D eigenvalue weighted by molar-refractivity contribution is 0.116. The van der Waals surface area contributed by atoms with Gasteiger partial charge in [-0.3, -0.25) is 9.80 Å². The first-order valence-electron chi connectivity index (χ1n) is 6.34. The molecule has 2 nitrogen and oxygen atoms in total. The Morgan fingerprint density at radius 3 is 1.60 bits per heavy atom. The Morgan fingerprint density at radius 2 is 1.33 bits per heavy atom. The molecule has 90 valence electrons. The first-order valence-corrected chi connectivity index (χ1v) is 7.97. The van der Waals surface area contributed by atoms with Crippen LogP contribution in [0.15, 0.2) is 11.8 Å². The molecule has 0 spiro atoms. The van der Waals surface area contributed by atoms with Gasteiger partial charge in [-0.25, -0.2) is 0 Å². The molecule has 0 radical (unpaired) electrons. The highest BCUT2D eigenvalue weighted by Gasteiger charge is 2.19. The van der Waals surface area contributed by atoms with Gasteiger partial charge in [0.15, 0.2) is 0 Å². The van der Waals surface area contributed by atoms with Crippen LogP contribution in [0.5, 0.6) is 0 Å². The second-order valence-corrected chi connectivity index (χ2v) is 5.40. The minimum Gasteiger partial charge on any atom is -0.292 e. The summed E-state index contributed by atoms with van der Waals surface area (Å²) in [5.74, 6) is 0.714. The van der Waals surface area contributed by atoms with E-state index in [4.69, 9.17) is 0 Å². The predicted molar refractivity (Wildman–Crippen MR) is 73.0 cm³/mol. The molecule has 0 amide bonds. The Balaban J connectivity index is 4.51. The third-order valence-corrected chi connectivity index (χ3v) is 5.25. The molecule has 0 unspecified atom stereocenters. The zero-order valence-corrected chi connectivity index (χ0v) is 12.6. The Bertz CT molecular complexity index is 151. The fraction of sp³-hybridized carbons (Fsp3) is 0.833. The molecule has 0 aliphatic rings. The van der Waals surface area contributed by atoms with Crippen LogP contribution in [-0.4, -0.2) is 51.3 Å². The van der Waals surface area contributed by atoms with Crippen LogP contribution in [0.25, 0.3) is 0 Å². The molecule has 0 aromatic rings. The second kappa shape index (κ2) is 9.13. The van der Waals surface area contributed by atoms with E-state index < -0.39 is 0 Å². The molecule has 0 atom stereocenters. The summed E-state index contributed by atoms with van der Waals surface area (Å²) in [6, 6.07) is 0. The topological polar surface area (TPSA) is 6.48 Å². The van der Waals surface area contributed by atoms with Gasteiger partial charge in [0.1, 0.15) is 0 Å². The normalized spacial score (nSPS) is 13.3. The van der Waals surface area contributed by atoms with Gasteiger partial charge in [0.2, 0.25) is 0 Å². The summed E-state index contributed by atoms with van der Waals surface area (Å²) in [5.41, 5.74) is 2.42. The van der Waals surface area contributed by atoms with Crippen LogP contribution in [0.3, 0.4) is 0 Å². The molecule has 0 aromatic carbocycles. The third-order valence-electron chi connectivity index (χ3n) is 3.05. The van der Waals surface area contributed by atoms with Gasteiger partial charge >= 0.3 is 0 Å². The minimum atomic E-state index is -0.142. The SMILES string of the molecule is CC=C[SiH2]C(N(CC)CC)N(CC)CC. The van der Waals surface area contributed by atoms with E-state index in [-0.39, 0.29) is 9.52 Å². The van der Waals surface area contributed by atoms with Gasteiger partial charge < -0.3 is 0 Å². The first-order chi connectivity index (χ1) is 7.24. The zero-order chi connectivity index (χ0) is 11.7. The van der Waals surface area contributed by atoms with Crippen LogP contribution in [0.1, 0.15) is 34.6 Å². The van der Waals surface area contributed by atoms with Crippen molar-refractivity contribution in [2.24, 2.45) is 0 Å². The highest BCUT2D eigenvalue weighted by atomic mass is 28.2. The molecule has 0 bridgehead atoms. The van der Waals surface area contributed by atoms with E-state index in [1.807, 2.05) is 0 Å². The van der Waals surface area contributed by atoms with Crippen molar-refractivity contribution in [1.29, 1.82) is 0 Å². The molecule has 0 aliphatic heterocycles. The minimum absolute atomic E-state index is 0.142. The fourth-order valence-corrected chi connectivity index (χ4v) is 4.22. The van der Waals surface area contributed by atoms with Crippen molar-refractivity contribution >= 4 is 9.52 Å². The number of hydrogen-bond acceptors (Lipinski definition) is 2. The Kier molecular flexibility index (Phi) is 9.05. The lowest BCUT2D eigenvalue weighted by Gasteiger charge is -2.37. The van der Waals surface area contributed by atoms with Gasteiger partial charge in [-0.15, -0.1) is 5.70 Å². The molecular weight excluding hydrogens is 200 g/mol. The molecule has 15 heavy (non-hydrogen) atoms. The van der Waals surface area contributed by atoms with Crippen molar-refractivity contribution in [1.82, 2.24) is 9.80 Å². The van der Waals surface area contributed by atoms with E-state index in [1.54, 1.807) is 0 Å². The molecular formula is C12H28N2Si. The molecule has 3 heteroatoms. The predicted octanol–water partition coefficient (Wildman–Crippen LogP) is 1.66. The molecule has 0 aliphatic carbocycles. The van der Waals surface area contributed by atoms with Crippen LogP contribution in [0.4, 0.5) is 0 Å². The summed E-state index contributed by atoms with van der Waals surface area (Å²) in [6.45, 7) is 15.9. The molecule has 0 saturated carbocycles. The van der Waals surface area contributed by atoms with Gasteiger partial charge in [0.05, 0.1) is 9.52 Å². The Morgan fingerprint density at radius 1 is 0.933 bits per heavy atom. The summed E-state index contributed by atoms with van der Waals surface area (Å²) in [7, 11) is -0.142. The number of rotatable bonds is 8. The van der Waals surface area contributed by atoms with Crippen molar-refractivity contribution in [3.63, 3.8) is 0 Å². The maximum atomic E-state index is 2.60. The van der Waals surface area contributed by atoms with E-state index in [9.17, 15) is 0 Å². The van der Waals surface area contributed by atoms with Crippen molar-refractivity contribution in [2.45, 2.75) is 40.4 Å². The average molecular weight is 228 g/mol. The highest BCUT2D eigenvalue weighted by molar-refractivity contribution is 6.43. The summed E-state index contributed by atoms with van der Waals surface area (Å²) < 4.78 is 0. The number of allylic oxidation sites excluding steroid dienone is 1. The summed E-state index contributed by atoms with van der Waals surface area (Å²) >= 11 is 0. The van der Waals surface area contributed by atoms with Crippen molar-refractivity contribution in [3.05, 3.63) is 11.8 Å². The summed E-state index contributed by atoms with van der Waals surface area (Å²) in [5, 5.41) is 0. The number of hydrogen-bond donors (Lipinski definition) is 0. The molecule has 0 aromatic heterocycles. The van der Waals surface area contributed by atoms with Gasteiger partial charge in [-0.05, 0) is 33.1 Å². The molecule has 0 heterocycles. The monoisotopic (exact) mass is 228 g/mol. The zero-order valence-electron chi connectivity index (χ0n) is 11.2. The van der Waals surface area contributed by atoms with Crippen LogP contribution in [0, 0.1) is 0 Å². The Labute approximate surface area is 98.2 Å². The second-order valence-electron chi connectivity index (χ2n) is 3.73. The lowest BCUT2D eigenvalue weighted by atomic mass is 10.5. The van der Waals surface area contributed by atoms with E-state index in [2.05, 4.69) is 56.2 Å². The van der Waals surface area contributed by atoms with Crippen LogP contribution in [0.2, 0.25) is 0 Å². The van der Waals surface area contributed by atoms with E-state index >= 15 is 0 Å². The summed E-state index contributed by atoms with van der Waals surface area (Å²) in [4.78, 5) is 5.19. The van der Waals surface area contributed by atoms with Crippen LogP contribution in [-0.2, 0) is 0 Å². The van der Waals surface area contributed by atoms with Crippen molar-refractivity contribution in [3.8, 4) is 0 Å². The number of nitrogens with zero attached hydrogens (tertiary/aromatic N) is 2. The standard InChI is InChI=1S/C12H28N2Si/c1-6-11-15-12(13(7-2)8-3)14(9-4)10-5/h6,11-12H,7-10,15H2,1-5H3. The molecule has 0 rings (SSSR count).